The van der Waals surface area contributed by atoms with Crippen LogP contribution >= 0.6 is 0 Å². The molecule has 1 saturated heterocycles. The molecule has 26 heavy (non-hydrogen) atoms. The molecule has 6 heteroatoms. The molecule has 0 amide bonds. The van der Waals surface area contributed by atoms with Gasteiger partial charge in [0.05, 0.1) is 19.3 Å². The summed E-state index contributed by atoms with van der Waals surface area (Å²) in [6.07, 6.45) is 3.77. The molecule has 1 N–H and O–H groups in total. The van der Waals surface area contributed by atoms with Crippen molar-refractivity contribution < 1.29 is 14.3 Å². The molecule has 6 nitrogen and oxygen atoms in total. The summed E-state index contributed by atoms with van der Waals surface area (Å²) in [6.45, 7) is 5.91. The molecular weight excluding hydrogens is 330 g/mol. The van der Waals surface area contributed by atoms with E-state index in [4.69, 9.17) is 9.15 Å². The second-order valence-corrected chi connectivity index (χ2v) is 6.57. The standard InChI is InChI=1S/C20H23N3O3/c1-15-5-6-19(26-15)18(22-9-11-25-12-10-22)14-23-8-7-21-20(23)16-3-2-4-17(24)13-16/h2-8,13,18,24H,9-12,14H2,1H3. The highest BCUT2D eigenvalue weighted by Gasteiger charge is 2.26. The van der Waals surface area contributed by atoms with Crippen molar-refractivity contribution in [2.45, 2.75) is 19.5 Å². The molecule has 3 heterocycles. The van der Waals surface area contributed by atoms with Crippen LogP contribution in [0.4, 0.5) is 0 Å². The number of morpholine rings is 1. The van der Waals surface area contributed by atoms with Crippen LogP contribution in [0.15, 0.2) is 53.2 Å². The number of aryl methyl sites for hydroxylation is 1. The van der Waals surface area contributed by atoms with Crippen LogP contribution in [0.25, 0.3) is 11.4 Å². The lowest BCUT2D eigenvalue weighted by molar-refractivity contribution is 0.00745. The van der Waals surface area contributed by atoms with Gasteiger partial charge >= 0.3 is 0 Å². The lowest BCUT2D eigenvalue weighted by Crippen LogP contribution is -2.40. The number of hydrogen-bond acceptors (Lipinski definition) is 5. The molecule has 0 aliphatic carbocycles. The topological polar surface area (TPSA) is 63.7 Å². The molecule has 4 rings (SSSR count). The summed E-state index contributed by atoms with van der Waals surface area (Å²) in [4.78, 5) is 6.90. The zero-order chi connectivity index (χ0) is 17.9. The smallest absolute Gasteiger partial charge is 0.140 e. The minimum absolute atomic E-state index is 0.109. The van der Waals surface area contributed by atoms with Gasteiger partial charge < -0.3 is 18.8 Å². The second-order valence-electron chi connectivity index (χ2n) is 6.57. The molecule has 1 atom stereocenters. The number of nitrogens with zero attached hydrogens (tertiary/aromatic N) is 3. The third-order valence-corrected chi connectivity index (χ3v) is 4.77. The fraction of sp³-hybridized carbons (Fsp3) is 0.350. The van der Waals surface area contributed by atoms with Gasteiger partial charge in [0, 0.05) is 37.6 Å². The summed E-state index contributed by atoms with van der Waals surface area (Å²) in [5.74, 6) is 2.95. The van der Waals surface area contributed by atoms with Crippen LogP contribution in [-0.2, 0) is 11.3 Å². The molecule has 3 aromatic rings. The van der Waals surface area contributed by atoms with Gasteiger partial charge in [-0.15, -0.1) is 0 Å². The fourth-order valence-electron chi connectivity index (χ4n) is 3.46. The molecule has 2 aromatic heterocycles. The van der Waals surface area contributed by atoms with E-state index in [0.29, 0.717) is 0 Å². The van der Waals surface area contributed by atoms with Crippen molar-refractivity contribution in [1.82, 2.24) is 14.5 Å². The number of phenolic OH excluding ortho intramolecular Hbond substituents is 1. The zero-order valence-corrected chi connectivity index (χ0v) is 14.8. The summed E-state index contributed by atoms with van der Waals surface area (Å²) < 4.78 is 13.6. The number of aromatic hydroxyl groups is 1. The van der Waals surface area contributed by atoms with Crippen LogP contribution in [0.5, 0.6) is 5.75 Å². The molecule has 136 valence electrons. The normalized spacial score (nSPS) is 16.7. The van der Waals surface area contributed by atoms with Crippen molar-refractivity contribution in [2.75, 3.05) is 26.3 Å². The van der Waals surface area contributed by atoms with Crippen LogP contribution < -0.4 is 0 Å². The van der Waals surface area contributed by atoms with Gasteiger partial charge in [0.25, 0.3) is 0 Å². The Balaban J connectivity index is 1.65. The molecule has 0 spiro atoms. The van der Waals surface area contributed by atoms with Crippen molar-refractivity contribution in [1.29, 1.82) is 0 Å². The Morgan fingerprint density at radius 3 is 2.77 bits per heavy atom. The summed E-state index contributed by atoms with van der Waals surface area (Å²) in [7, 11) is 0. The third-order valence-electron chi connectivity index (χ3n) is 4.77. The first kappa shape index (κ1) is 16.9. The van der Waals surface area contributed by atoms with Crippen molar-refractivity contribution >= 4 is 0 Å². The van der Waals surface area contributed by atoms with Gasteiger partial charge in [0.2, 0.25) is 0 Å². The number of ether oxygens (including phenoxy) is 1. The maximum absolute atomic E-state index is 9.80. The molecule has 1 aliphatic heterocycles. The average molecular weight is 353 g/mol. The Morgan fingerprint density at radius 1 is 1.19 bits per heavy atom. The van der Waals surface area contributed by atoms with Crippen LogP contribution in [0.3, 0.4) is 0 Å². The highest BCUT2D eigenvalue weighted by Crippen LogP contribution is 2.28. The Labute approximate surface area is 152 Å². The van der Waals surface area contributed by atoms with E-state index >= 15 is 0 Å². The highest BCUT2D eigenvalue weighted by molar-refractivity contribution is 5.57. The van der Waals surface area contributed by atoms with Crippen molar-refractivity contribution in [3.8, 4) is 17.1 Å². The Kier molecular flexibility index (Phi) is 4.77. The summed E-state index contributed by atoms with van der Waals surface area (Å²) >= 11 is 0. The summed E-state index contributed by atoms with van der Waals surface area (Å²) in [5, 5.41) is 9.80. The zero-order valence-electron chi connectivity index (χ0n) is 14.8. The Bertz CT molecular complexity index is 865. The molecule has 1 fully saturated rings. The number of phenols is 1. The van der Waals surface area contributed by atoms with Gasteiger partial charge in [-0.25, -0.2) is 4.98 Å². The number of hydrogen-bond donors (Lipinski definition) is 1. The van der Waals surface area contributed by atoms with Crippen molar-refractivity contribution in [3.63, 3.8) is 0 Å². The van der Waals surface area contributed by atoms with E-state index in [0.717, 1.165) is 55.8 Å². The van der Waals surface area contributed by atoms with E-state index in [9.17, 15) is 5.11 Å². The minimum atomic E-state index is 0.109. The average Bonchev–Trinajstić information content (AvgIpc) is 3.29. The lowest BCUT2D eigenvalue weighted by atomic mass is 10.1. The third kappa shape index (κ3) is 3.52. The van der Waals surface area contributed by atoms with Gasteiger partial charge in [-0.3, -0.25) is 4.90 Å². The van der Waals surface area contributed by atoms with Crippen LogP contribution in [0, 0.1) is 6.92 Å². The first-order valence-electron chi connectivity index (χ1n) is 8.89. The minimum Gasteiger partial charge on any atom is -0.508 e. The van der Waals surface area contributed by atoms with E-state index < -0.39 is 0 Å². The number of imidazole rings is 1. The number of benzene rings is 1. The van der Waals surface area contributed by atoms with E-state index in [2.05, 4.69) is 20.5 Å². The monoisotopic (exact) mass is 353 g/mol. The maximum atomic E-state index is 9.80. The molecule has 1 aliphatic rings. The van der Waals surface area contributed by atoms with Gasteiger partial charge in [0.15, 0.2) is 0 Å². The predicted molar refractivity (Wildman–Crippen MR) is 97.9 cm³/mol. The lowest BCUT2D eigenvalue weighted by Gasteiger charge is -2.33. The maximum Gasteiger partial charge on any atom is 0.140 e. The van der Waals surface area contributed by atoms with Gasteiger partial charge in [-0.1, -0.05) is 12.1 Å². The molecule has 0 bridgehead atoms. The highest BCUT2D eigenvalue weighted by atomic mass is 16.5. The van der Waals surface area contributed by atoms with Crippen molar-refractivity contribution in [3.05, 3.63) is 60.3 Å². The SMILES string of the molecule is Cc1ccc(C(Cn2ccnc2-c2cccc(O)c2)N2CCOCC2)o1. The van der Waals surface area contributed by atoms with E-state index in [1.165, 1.54) is 0 Å². The molecule has 1 aromatic carbocycles. The first-order chi connectivity index (χ1) is 12.7. The first-order valence-corrected chi connectivity index (χ1v) is 8.89. The summed E-state index contributed by atoms with van der Waals surface area (Å²) in [5.41, 5.74) is 0.895. The van der Waals surface area contributed by atoms with Gasteiger partial charge in [-0.2, -0.15) is 0 Å². The molecule has 0 saturated carbocycles. The van der Waals surface area contributed by atoms with Crippen molar-refractivity contribution in [2.24, 2.45) is 0 Å². The number of furan rings is 1. The van der Waals surface area contributed by atoms with Gasteiger partial charge in [0.1, 0.15) is 23.1 Å². The second kappa shape index (κ2) is 7.35. The molecule has 0 radical (unpaired) electrons. The fourth-order valence-corrected chi connectivity index (χ4v) is 3.46. The quantitative estimate of drug-likeness (QED) is 0.763. The Morgan fingerprint density at radius 2 is 2.04 bits per heavy atom. The van der Waals surface area contributed by atoms with E-state index in [1.807, 2.05) is 31.3 Å². The van der Waals surface area contributed by atoms with Crippen LogP contribution in [-0.4, -0.2) is 45.9 Å². The number of aromatic nitrogens is 2. The molecular formula is C20H23N3O3. The van der Waals surface area contributed by atoms with E-state index in [-0.39, 0.29) is 11.8 Å². The van der Waals surface area contributed by atoms with Gasteiger partial charge in [-0.05, 0) is 31.2 Å². The number of rotatable bonds is 5. The predicted octanol–water partition coefficient (Wildman–Crippen LogP) is 3.23. The summed E-state index contributed by atoms with van der Waals surface area (Å²) in [6, 6.07) is 11.4. The Hall–Kier alpha value is -2.57. The van der Waals surface area contributed by atoms with Crippen LogP contribution in [0.1, 0.15) is 17.6 Å². The molecule has 1 unspecified atom stereocenters. The van der Waals surface area contributed by atoms with Crippen LogP contribution in [0.2, 0.25) is 0 Å². The van der Waals surface area contributed by atoms with E-state index in [1.54, 1.807) is 18.3 Å². The largest absolute Gasteiger partial charge is 0.508 e.